The largest absolute Gasteiger partial charge is 0.478 e. The summed E-state index contributed by atoms with van der Waals surface area (Å²) in [5.74, 6) is 0.160. The molecule has 0 radical (unpaired) electrons. The molecule has 0 aromatic carbocycles. The lowest BCUT2D eigenvalue weighted by Gasteiger charge is -2.26. The second-order valence-electron chi connectivity index (χ2n) is 4.78. The number of carboxylic acids is 1. The van der Waals surface area contributed by atoms with Crippen LogP contribution in [-0.2, 0) is 0 Å². The van der Waals surface area contributed by atoms with Gasteiger partial charge in [0.15, 0.2) is 0 Å². The lowest BCUT2D eigenvalue weighted by Crippen LogP contribution is -2.23. The molecule has 4 nitrogen and oxygen atoms in total. The van der Waals surface area contributed by atoms with Crippen LogP contribution in [-0.4, -0.2) is 22.2 Å². The van der Waals surface area contributed by atoms with Crippen molar-refractivity contribution in [3.8, 4) is 5.88 Å². The molecule has 1 N–H and O–H groups in total. The standard InChI is InChI=1S/C13H16BrNO3/c1-8-2-4-9(5-3-8)18-12-11(14)10(13(16)17)6-7-15-12/h6-9H,2-5H2,1H3,(H,16,17). The number of hydrogen-bond donors (Lipinski definition) is 1. The van der Waals surface area contributed by atoms with Crippen LogP contribution in [0.4, 0.5) is 0 Å². The van der Waals surface area contributed by atoms with Crippen LogP contribution < -0.4 is 4.74 Å². The zero-order chi connectivity index (χ0) is 13.1. The monoisotopic (exact) mass is 313 g/mol. The molecule has 0 amide bonds. The van der Waals surface area contributed by atoms with Gasteiger partial charge in [0, 0.05) is 6.20 Å². The van der Waals surface area contributed by atoms with Crippen LogP contribution >= 0.6 is 15.9 Å². The average Bonchev–Trinajstić information content (AvgIpc) is 2.34. The Labute approximate surface area is 115 Å². The van der Waals surface area contributed by atoms with Crippen molar-refractivity contribution in [2.75, 3.05) is 0 Å². The third-order valence-corrected chi connectivity index (χ3v) is 4.10. The van der Waals surface area contributed by atoms with Crippen molar-refractivity contribution in [1.29, 1.82) is 0 Å². The van der Waals surface area contributed by atoms with E-state index in [1.54, 1.807) is 0 Å². The molecule has 98 valence electrons. The molecule has 5 heteroatoms. The molecule has 1 heterocycles. The van der Waals surface area contributed by atoms with E-state index in [0.717, 1.165) is 31.6 Å². The summed E-state index contributed by atoms with van der Waals surface area (Å²) in [5.41, 5.74) is 0.184. The quantitative estimate of drug-likeness (QED) is 0.927. The molecule has 0 unspecified atom stereocenters. The number of carboxylic acid groups (broad SMARTS) is 1. The Morgan fingerprint density at radius 1 is 1.44 bits per heavy atom. The Morgan fingerprint density at radius 3 is 2.72 bits per heavy atom. The van der Waals surface area contributed by atoms with E-state index in [-0.39, 0.29) is 11.7 Å². The van der Waals surface area contributed by atoms with Crippen LogP contribution in [0.3, 0.4) is 0 Å². The number of nitrogens with zero attached hydrogens (tertiary/aromatic N) is 1. The third kappa shape index (κ3) is 3.02. The number of aromatic carboxylic acids is 1. The van der Waals surface area contributed by atoms with E-state index >= 15 is 0 Å². The molecule has 18 heavy (non-hydrogen) atoms. The zero-order valence-electron chi connectivity index (χ0n) is 10.2. The predicted octanol–water partition coefficient (Wildman–Crippen LogP) is 3.50. The van der Waals surface area contributed by atoms with Gasteiger partial charge in [-0.15, -0.1) is 0 Å². The minimum Gasteiger partial charge on any atom is -0.478 e. The maximum atomic E-state index is 11.0. The van der Waals surface area contributed by atoms with Gasteiger partial charge in [0.25, 0.3) is 0 Å². The van der Waals surface area contributed by atoms with Crippen LogP contribution in [0.2, 0.25) is 0 Å². The fourth-order valence-corrected chi connectivity index (χ4v) is 2.67. The van der Waals surface area contributed by atoms with E-state index in [4.69, 9.17) is 9.84 Å². The van der Waals surface area contributed by atoms with Gasteiger partial charge in [0.1, 0.15) is 6.10 Å². The van der Waals surface area contributed by atoms with Gasteiger partial charge in [-0.25, -0.2) is 9.78 Å². The van der Waals surface area contributed by atoms with Gasteiger partial charge in [0.05, 0.1) is 10.0 Å². The number of carbonyl (C=O) groups is 1. The fourth-order valence-electron chi connectivity index (χ4n) is 2.18. The number of aromatic nitrogens is 1. The molecule has 1 aromatic rings. The molecule has 1 fully saturated rings. The SMILES string of the molecule is CC1CCC(Oc2nccc(C(=O)O)c2Br)CC1. The third-order valence-electron chi connectivity index (χ3n) is 3.33. The van der Waals surface area contributed by atoms with Gasteiger partial charge in [0.2, 0.25) is 5.88 Å². The first-order valence-electron chi connectivity index (χ1n) is 6.12. The number of ether oxygens (including phenoxy) is 1. The topological polar surface area (TPSA) is 59.4 Å². The van der Waals surface area contributed by atoms with Gasteiger partial charge in [-0.1, -0.05) is 6.92 Å². The molecule has 0 atom stereocenters. The van der Waals surface area contributed by atoms with E-state index in [1.807, 2.05) is 0 Å². The first-order chi connectivity index (χ1) is 8.58. The maximum Gasteiger partial charge on any atom is 0.337 e. The van der Waals surface area contributed by atoms with E-state index in [1.165, 1.54) is 12.3 Å². The molecule has 1 aliphatic carbocycles. The predicted molar refractivity (Wildman–Crippen MR) is 70.9 cm³/mol. The Balaban J connectivity index is 2.10. The summed E-state index contributed by atoms with van der Waals surface area (Å²) in [5, 5.41) is 9.02. The van der Waals surface area contributed by atoms with E-state index < -0.39 is 5.97 Å². The van der Waals surface area contributed by atoms with Crippen molar-refractivity contribution in [1.82, 2.24) is 4.98 Å². The Hall–Kier alpha value is -1.10. The first kappa shape index (κ1) is 13.3. The highest BCUT2D eigenvalue weighted by Gasteiger charge is 2.22. The first-order valence-corrected chi connectivity index (χ1v) is 6.91. The average molecular weight is 314 g/mol. The second kappa shape index (κ2) is 5.69. The molecule has 1 saturated carbocycles. The lowest BCUT2D eigenvalue weighted by atomic mass is 9.89. The van der Waals surface area contributed by atoms with Crippen LogP contribution in [0, 0.1) is 5.92 Å². The van der Waals surface area contributed by atoms with Gasteiger partial charge < -0.3 is 9.84 Å². The number of rotatable bonds is 3. The minimum absolute atomic E-state index is 0.147. The van der Waals surface area contributed by atoms with Gasteiger partial charge in [-0.05, 0) is 53.6 Å². The fraction of sp³-hybridized carbons (Fsp3) is 0.538. The summed E-state index contributed by atoms with van der Waals surface area (Å²) in [6.07, 6.45) is 5.93. The molecule has 0 saturated heterocycles. The van der Waals surface area contributed by atoms with Crippen molar-refractivity contribution in [2.24, 2.45) is 5.92 Å². The maximum absolute atomic E-state index is 11.0. The lowest BCUT2D eigenvalue weighted by molar-refractivity contribution is 0.0693. The molecular formula is C13H16BrNO3. The minimum atomic E-state index is -0.980. The number of halogens is 1. The van der Waals surface area contributed by atoms with Crippen molar-refractivity contribution in [2.45, 2.75) is 38.7 Å². The zero-order valence-corrected chi connectivity index (χ0v) is 11.8. The van der Waals surface area contributed by atoms with Crippen LogP contribution in [0.1, 0.15) is 43.0 Å². The molecule has 1 aliphatic rings. The summed E-state index contributed by atoms with van der Waals surface area (Å²) in [6.45, 7) is 2.25. The Kier molecular flexibility index (Phi) is 4.22. The van der Waals surface area contributed by atoms with Crippen molar-refractivity contribution in [3.63, 3.8) is 0 Å². The van der Waals surface area contributed by atoms with Crippen molar-refractivity contribution < 1.29 is 14.6 Å². The second-order valence-corrected chi connectivity index (χ2v) is 5.58. The van der Waals surface area contributed by atoms with Crippen molar-refractivity contribution in [3.05, 3.63) is 22.3 Å². The van der Waals surface area contributed by atoms with Crippen LogP contribution in [0.25, 0.3) is 0 Å². The normalized spacial score (nSPS) is 23.7. The van der Waals surface area contributed by atoms with E-state index in [2.05, 4.69) is 27.8 Å². The number of pyridine rings is 1. The van der Waals surface area contributed by atoms with Gasteiger partial charge >= 0.3 is 5.97 Å². The van der Waals surface area contributed by atoms with Gasteiger partial charge in [-0.2, -0.15) is 0 Å². The Morgan fingerprint density at radius 2 is 2.11 bits per heavy atom. The van der Waals surface area contributed by atoms with Crippen molar-refractivity contribution >= 4 is 21.9 Å². The molecular weight excluding hydrogens is 298 g/mol. The molecule has 2 rings (SSSR count). The smallest absolute Gasteiger partial charge is 0.337 e. The summed E-state index contributed by atoms with van der Waals surface area (Å²) in [7, 11) is 0. The molecule has 0 spiro atoms. The highest BCUT2D eigenvalue weighted by Crippen LogP contribution is 2.31. The van der Waals surface area contributed by atoms with E-state index in [9.17, 15) is 4.79 Å². The summed E-state index contributed by atoms with van der Waals surface area (Å²) >= 11 is 3.25. The van der Waals surface area contributed by atoms with Crippen LogP contribution in [0.5, 0.6) is 5.88 Å². The summed E-state index contributed by atoms with van der Waals surface area (Å²) in [4.78, 5) is 15.1. The summed E-state index contributed by atoms with van der Waals surface area (Å²) < 4.78 is 6.23. The van der Waals surface area contributed by atoms with Crippen LogP contribution in [0.15, 0.2) is 16.7 Å². The number of hydrogen-bond acceptors (Lipinski definition) is 3. The molecule has 0 bridgehead atoms. The molecule has 0 aliphatic heterocycles. The Bertz CT molecular complexity index is 442. The summed E-state index contributed by atoms with van der Waals surface area (Å²) in [6, 6.07) is 1.46. The van der Waals surface area contributed by atoms with Gasteiger partial charge in [-0.3, -0.25) is 0 Å². The van der Waals surface area contributed by atoms with E-state index in [0.29, 0.717) is 10.4 Å². The highest BCUT2D eigenvalue weighted by atomic mass is 79.9. The highest BCUT2D eigenvalue weighted by molar-refractivity contribution is 9.10. The molecule has 1 aromatic heterocycles.